The topological polar surface area (TPSA) is 153 Å². The van der Waals surface area contributed by atoms with Crippen LogP contribution in [0.4, 0.5) is 11.8 Å². The summed E-state index contributed by atoms with van der Waals surface area (Å²) in [5.74, 6) is -0.360. The van der Waals surface area contributed by atoms with Gasteiger partial charge in [0.2, 0.25) is 5.95 Å². The van der Waals surface area contributed by atoms with E-state index in [-0.39, 0.29) is 42.0 Å². The molecule has 0 unspecified atom stereocenters. The highest BCUT2D eigenvalue weighted by Crippen LogP contribution is 2.19. The molecule has 0 fully saturated rings. The fourth-order valence-corrected chi connectivity index (χ4v) is 2.30. The number of nitrogens with one attached hydrogen (secondary N) is 2. The molecule has 1 amide bonds. The van der Waals surface area contributed by atoms with Gasteiger partial charge in [-0.1, -0.05) is 0 Å². The molecule has 0 aliphatic carbocycles. The van der Waals surface area contributed by atoms with Crippen molar-refractivity contribution in [3.63, 3.8) is 0 Å². The van der Waals surface area contributed by atoms with Crippen LogP contribution < -0.4 is 22.3 Å². The quantitative estimate of drug-likeness (QED) is 0.436. The summed E-state index contributed by atoms with van der Waals surface area (Å²) in [6, 6.07) is 3.07. The van der Waals surface area contributed by atoms with Crippen LogP contribution in [0.15, 0.2) is 27.6 Å². The van der Waals surface area contributed by atoms with Crippen molar-refractivity contribution in [1.29, 1.82) is 0 Å². The molecule has 0 aliphatic heterocycles. The summed E-state index contributed by atoms with van der Waals surface area (Å²) in [5.41, 5.74) is 10.9. The summed E-state index contributed by atoms with van der Waals surface area (Å²) in [5, 5.41) is 9.11. The molecule has 11 nitrogen and oxygen atoms in total. The minimum atomic E-state index is -0.523. The molecule has 126 valence electrons. The fourth-order valence-electron chi connectivity index (χ4n) is 2.30. The van der Waals surface area contributed by atoms with E-state index in [0.717, 1.165) is 0 Å². The zero-order valence-electron chi connectivity index (χ0n) is 12.7. The van der Waals surface area contributed by atoms with Crippen LogP contribution in [0, 0.1) is 0 Å². The van der Waals surface area contributed by atoms with E-state index >= 15 is 0 Å². The Morgan fingerprint density at radius 3 is 2.92 bits per heavy atom. The number of furan rings is 1. The van der Waals surface area contributed by atoms with Gasteiger partial charge in [0.1, 0.15) is 5.52 Å². The van der Waals surface area contributed by atoms with Crippen molar-refractivity contribution in [2.75, 3.05) is 17.8 Å². The summed E-state index contributed by atoms with van der Waals surface area (Å²) < 4.78 is 7.55. The first-order valence-electron chi connectivity index (χ1n) is 6.96. The first-order valence-corrected chi connectivity index (χ1v) is 6.96. The van der Waals surface area contributed by atoms with Crippen LogP contribution in [0.1, 0.15) is 10.6 Å². The lowest BCUT2D eigenvalue weighted by Gasteiger charge is -2.09. The van der Waals surface area contributed by atoms with Crippen LogP contribution in [-0.4, -0.2) is 36.7 Å². The number of aryl methyl sites for hydroxylation is 1. The minimum Gasteiger partial charge on any atom is -0.459 e. The molecule has 5 N–H and O–H groups in total. The number of nitrogen functional groups attached to an aromatic ring is 1. The van der Waals surface area contributed by atoms with E-state index in [4.69, 9.17) is 15.3 Å². The van der Waals surface area contributed by atoms with Crippen molar-refractivity contribution in [1.82, 2.24) is 24.5 Å². The fraction of sp³-hybridized carbons (Fsp3) is 0.231. The van der Waals surface area contributed by atoms with E-state index in [0.29, 0.717) is 5.52 Å². The highest BCUT2D eigenvalue weighted by molar-refractivity contribution is 5.93. The Morgan fingerprint density at radius 1 is 1.46 bits per heavy atom. The van der Waals surface area contributed by atoms with Gasteiger partial charge in [-0.3, -0.25) is 24.8 Å². The SMILES string of the molecule is Cn1c(=O)n(CCO)c2nc(N)nc(NNC(=O)c3ccco3)c21. The van der Waals surface area contributed by atoms with Crippen LogP contribution >= 0.6 is 0 Å². The zero-order valence-corrected chi connectivity index (χ0v) is 12.7. The van der Waals surface area contributed by atoms with E-state index in [1.54, 1.807) is 6.07 Å². The predicted octanol–water partition coefficient (Wildman–Crippen LogP) is -0.946. The number of rotatable bonds is 5. The molecule has 0 saturated carbocycles. The third-order valence-electron chi connectivity index (χ3n) is 3.35. The number of nitrogens with two attached hydrogens (primary N) is 1. The van der Waals surface area contributed by atoms with E-state index in [1.165, 1.54) is 28.5 Å². The molecule has 0 spiro atoms. The van der Waals surface area contributed by atoms with Gasteiger partial charge in [-0.05, 0) is 12.1 Å². The molecule has 3 aromatic rings. The van der Waals surface area contributed by atoms with Crippen LogP contribution in [0.2, 0.25) is 0 Å². The number of hydrogen-bond donors (Lipinski definition) is 4. The average molecular weight is 333 g/mol. The van der Waals surface area contributed by atoms with Crippen molar-refractivity contribution in [3.8, 4) is 0 Å². The molecule has 0 aromatic carbocycles. The van der Waals surface area contributed by atoms with Gasteiger partial charge in [0, 0.05) is 7.05 Å². The van der Waals surface area contributed by atoms with E-state index in [2.05, 4.69) is 20.8 Å². The molecule has 0 radical (unpaired) electrons. The van der Waals surface area contributed by atoms with Gasteiger partial charge in [0.25, 0.3) is 0 Å². The van der Waals surface area contributed by atoms with Crippen molar-refractivity contribution in [2.24, 2.45) is 7.05 Å². The Balaban J connectivity index is 2.00. The number of amides is 1. The number of fused-ring (bicyclic) bond motifs is 1. The number of aliphatic hydroxyl groups excluding tert-OH is 1. The summed E-state index contributed by atoms with van der Waals surface area (Å²) >= 11 is 0. The molecule has 0 atom stereocenters. The van der Waals surface area contributed by atoms with Gasteiger partial charge in [-0.25, -0.2) is 4.79 Å². The van der Waals surface area contributed by atoms with Crippen molar-refractivity contribution in [3.05, 3.63) is 34.6 Å². The predicted molar refractivity (Wildman–Crippen MR) is 84.1 cm³/mol. The maximum atomic E-state index is 12.2. The van der Waals surface area contributed by atoms with Crippen LogP contribution in [0.3, 0.4) is 0 Å². The number of aliphatic hydroxyl groups is 1. The molecule has 3 rings (SSSR count). The van der Waals surface area contributed by atoms with Gasteiger partial charge < -0.3 is 15.3 Å². The second-order valence-electron chi connectivity index (χ2n) is 4.88. The number of hydrogen-bond acceptors (Lipinski definition) is 8. The zero-order chi connectivity index (χ0) is 17.3. The molecule has 3 aromatic heterocycles. The Kier molecular flexibility index (Phi) is 3.92. The Labute approximate surface area is 134 Å². The molecule has 0 aliphatic rings. The van der Waals surface area contributed by atoms with Crippen molar-refractivity contribution >= 4 is 28.8 Å². The number of carbonyl (C=O) groups is 1. The highest BCUT2D eigenvalue weighted by Gasteiger charge is 2.18. The minimum absolute atomic E-state index is 0.0603. The maximum absolute atomic E-state index is 12.2. The lowest BCUT2D eigenvalue weighted by atomic mass is 10.4. The first kappa shape index (κ1) is 15.6. The molecule has 24 heavy (non-hydrogen) atoms. The van der Waals surface area contributed by atoms with Gasteiger partial charge in [-0.2, -0.15) is 9.97 Å². The summed E-state index contributed by atoms with van der Waals surface area (Å²) in [4.78, 5) is 32.2. The lowest BCUT2D eigenvalue weighted by molar-refractivity contribution is 0.0935. The second kappa shape index (κ2) is 6.04. The molecule has 0 saturated heterocycles. The Morgan fingerprint density at radius 2 is 2.25 bits per heavy atom. The van der Waals surface area contributed by atoms with E-state index < -0.39 is 5.91 Å². The number of carbonyl (C=O) groups excluding carboxylic acids is 1. The molecular weight excluding hydrogens is 318 g/mol. The molecular formula is C13H15N7O4. The van der Waals surface area contributed by atoms with Crippen LogP contribution in [0.5, 0.6) is 0 Å². The van der Waals surface area contributed by atoms with Crippen LogP contribution in [0.25, 0.3) is 11.2 Å². The van der Waals surface area contributed by atoms with Crippen molar-refractivity contribution in [2.45, 2.75) is 6.54 Å². The largest absolute Gasteiger partial charge is 0.459 e. The molecule has 3 heterocycles. The lowest BCUT2D eigenvalue weighted by Crippen LogP contribution is -2.30. The maximum Gasteiger partial charge on any atom is 0.330 e. The molecule has 0 bridgehead atoms. The normalized spacial score (nSPS) is 10.9. The molecule has 11 heteroatoms. The number of nitrogens with zero attached hydrogens (tertiary/aromatic N) is 4. The highest BCUT2D eigenvalue weighted by atomic mass is 16.3. The van der Waals surface area contributed by atoms with Gasteiger partial charge >= 0.3 is 11.6 Å². The summed E-state index contributed by atoms with van der Waals surface area (Å²) in [6.45, 7) is -0.175. The number of hydrazine groups is 1. The van der Waals surface area contributed by atoms with Crippen molar-refractivity contribution < 1.29 is 14.3 Å². The van der Waals surface area contributed by atoms with Gasteiger partial charge in [-0.15, -0.1) is 0 Å². The van der Waals surface area contributed by atoms with E-state index in [9.17, 15) is 9.59 Å². The third-order valence-corrected chi connectivity index (χ3v) is 3.35. The van der Waals surface area contributed by atoms with Gasteiger partial charge in [0.05, 0.1) is 19.4 Å². The second-order valence-corrected chi connectivity index (χ2v) is 4.88. The van der Waals surface area contributed by atoms with Crippen LogP contribution in [-0.2, 0) is 13.6 Å². The third kappa shape index (κ3) is 2.56. The average Bonchev–Trinajstić information content (AvgIpc) is 3.16. The van der Waals surface area contributed by atoms with Gasteiger partial charge in [0.15, 0.2) is 17.2 Å². The summed E-state index contributed by atoms with van der Waals surface area (Å²) in [6.07, 6.45) is 1.37. The number of anilines is 2. The first-order chi connectivity index (χ1) is 11.5. The Bertz CT molecular complexity index is 942. The monoisotopic (exact) mass is 333 g/mol. The summed E-state index contributed by atoms with van der Waals surface area (Å²) in [7, 11) is 1.53. The standard InChI is InChI=1S/C13H15N7O4/c1-19-8-9(17-18-11(22)7-3-2-6-24-7)15-12(14)16-10(8)20(4-5-21)13(19)23/h2-3,6,21H,4-5H2,1H3,(H,18,22)(H3,14,15,16,17). The van der Waals surface area contributed by atoms with E-state index in [1.807, 2.05) is 0 Å². The number of aromatic nitrogens is 4. The Hall–Kier alpha value is -3.34. The number of imidazole rings is 1. The smallest absolute Gasteiger partial charge is 0.330 e.